The van der Waals surface area contributed by atoms with Crippen LogP contribution in [0.4, 0.5) is 0 Å². The van der Waals surface area contributed by atoms with Crippen LogP contribution in [-0.4, -0.2) is 24.4 Å². The third kappa shape index (κ3) is 0.959. The minimum Gasteiger partial charge on any atom is -0.174 e. The average molecular weight is 156 g/mol. The van der Waals surface area contributed by atoms with E-state index in [1.54, 1.807) is 12.1 Å². The molecule has 1 aromatic carbocycles. The Bertz CT molecular complexity index is 362. The van der Waals surface area contributed by atoms with E-state index in [-0.39, 0.29) is 0 Å². The molecule has 0 aliphatic rings. The van der Waals surface area contributed by atoms with Gasteiger partial charge in [-0.2, -0.15) is 8.75 Å². The maximum atomic E-state index is 5.62. The molecule has 4 radical (unpaired) electrons. The molecular weight excluding hydrogens is 154 g/mol. The van der Waals surface area contributed by atoms with Gasteiger partial charge < -0.3 is 0 Å². The summed E-state index contributed by atoms with van der Waals surface area (Å²) >= 11 is 1.12. The number of hydrogen-bond acceptors (Lipinski definition) is 3. The Morgan fingerprint density at radius 3 is 1.91 bits per heavy atom. The fourth-order valence-corrected chi connectivity index (χ4v) is 1.49. The molecule has 0 atom stereocenters. The Balaban J connectivity index is 2.96. The normalized spacial score (nSPS) is 10.5. The summed E-state index contributed by atoms with van der Waals surface area (Å²) in [7, 11) is 11.2. The van der Waals surface area contributed by atoms with Crippen LogP contribution in [0.2, 0.25) is 0 Å². The standard InChI is InChI=1S/C6H2B2N2S/c7-3-1-2-4(8)6-5(3)9-11-10-6/h1-2H. The van der Waals surface area contributed by atoms with Crippen LogP contribution in [0.3, 0.4) is 0 Å². The smallest absolute Gasteiger partial charge is 0.116 e. The largest absolute Gasteiger partial charge is 0.174 e. The van der Waals surface area contributed by atoms with E-state index < -0.39 is 0 Å². The number of fused-ring (bicyclic) bond motifs is 1. The van der Waals surface area contributed by atoms with Crippen LogP contribution in [0.1, 0.15) is 0 Å². The summed E-state index contributed by atoms with van der Waals surface area (Å²) in [4.78, 5) is 0. The summed E-state index contributed by atoms with van der Waals surface area (Å²) in [6, 6.07) is 3.47. The monoisotopic (exact) mass is 156 g/mol. The number of benzene rings is 1. The topological polar surface area (TPSA) is 25.8 Å². The molecule has 0 unspecified atom stereocenters. The van der Waals surface area contributed by atoms with Gasteiger partial charge in [-0.05, 0) is 0 Å². The van der Waals surface area contributed by atoms with E-state index >= 15 is 0 Å². The van der Waals surface area contributed by atoms with Crippen LogP contribution in [-0.2, 0) is 0 Å². The van der Waals surface area contributed by atoms with Crippen molar-refractivity contribution >= 4 is 49.4 Å². The Kier molecular flexibility index (Phi) is 1.46. The molecular formula is C6H2B2N2S. The Morgan fingerprint density at radius 1 is 1.00 bits per heavy atom. The predicted molar refractivity (Wildman–Crippen MR) is 48.2 cm³/mol. The summed E-state index contributed by atoms with van der Waals surface area (Å²) in [5, 5.41) is 0. The molecule has 0 amide bonds. The molecule has 0 aliphatic carbocycles. The van der Waals surface area contributed by atoms with E-state index in [0.29, 0.717) is 22.0 Å². The first-order valence-electron chi connectivity index (χ1n) is 3.05. The summed E-state index contributed by atoms with van der Waals surface area (Å²) < 4.78 is 8.01. The Labute approximate surface area is 70.8 Å². The summed E-state index contributed by atoms with van der Waals surface area (Å²) in [6.07, 6.45) is 0. The molecule has 0 spiro atoms. The van der Waals surface area contributed by atoms with Crippen LogP contribution < -0.4 is 10.9 Å². The molecule has 0 bridgehead atoms. The minimum atomic E-state index is 0.628. The lowest BCUT2D eigenvalue weighted by molar-refractivity contribution is 1.70. The second-order valence-corrected chi connectivity index (χ2v) is 2.73. The molecule has 48 valence electrons. The average Bonchev–Trinajstić information content (AvgIpc) is 2.45. The van der Waals surface area contributed by atoms with Gasteiger partial charge in [0.2, 0.25) is 0 Å². The van der Waals surface area contributed by atoms with Crippen molar-refractivity contribution in [2.75, 3.05) is 0 Å². The van der Waals surface area contributed by atoms with Crippen molar-refractivity contribution in [2.45, 2.75) is 0 Å². The second kappa shape index (κ2) is 2.34. The zero-order chi connectivity index (χ0) is 7.84. The van der Waals surface area contributed by atoms with E-state index in [4.69, 9.17) is 15.7 Å². The Hall–Kier alpha value is -0.830. The van der Waals surface area contributed by atoms with Gasteiger partial charge in [0, 0.05) is 0 Å². The highest BCUT2D eigenvalue weighted by Crippen LogP contribution is 2.03. The molecule has 5 heteroatoms. The lowest BCUT2D eigenvalue weighted by atomic mass is 9.87. The van der Waals surface area contributed by atoms with E-state index in [2.05, 4.69) is 8.75 Å². The van der Waals surface area contributed by atoms with Crippen LogP contribution >= 0.6 is 11.7 Å². The third-order valence-corrected chi connectivity index (χ3v) is 2.01. The van der Waals surface area contributed by atoms with Crippen molar-refractivity contribution in [2.24, 2.45) is 0 Å². The molecule has 0 N–H and O–H groups in total. The van der Waals surface area contributed by atoms with Gasteiger partial charge in [-0.3, -0.25) is 0 Å². The van der Waals surface area contributed by atoms with Gasteiger partial charge in [0.25, 0.3) is 0 Å². The maximum absolute atomic E-state index is 5.62. The van der Waals surface area contributed by atoms with E-state index in [0.717, 1.165) is 11.7 Å². The lowest BCUT2D eigenvalue weighted by Crippen LogP contribution is -2.12. The lowest BCUT2D eigenvalue weighted by Gasteiger charge is -1.95. The number of aromatic nitrogens is 2. The summed E-state index contributed by atoms with van der Waals surface area (Å²) in [5.74, 6) is 0. The van der Waals surface area contributed by atoms with Crippen LogP contribution in [0.5, 0.6) is 0 Å². The fraction of sp³-hybridized carbons (Fsp3) is 0. The van der Waals surface area contributed by atoms with Crippen LogP contribution in [0, 0.1) is 0 Å². The van der Waals surface area contributed by atoms with Gasteiger partial charge in [0.1, 0.15) is 15.7 Å². The molecule has 2 nitrogen and oxygen atoms in total. The zero-order valence-corrected chi connectivity index (χ0v) is 6.43. The number of rotatable bonds is 0. The van der Waals surface area contributed by atoms with Crippen LogP contribution in [0.25, 0.3) is 11.0 Å². The predicted octanol–water partition coefficient (Wildman–Crippen LogP) is -0.721. The van der Waals surface area contributed by atoms with E-state index in [1.165, 1.54) is 0 Å². The van der Waals surface area contributed by atoms with Gasteiger partial charge in [0.05, 0.1) is 22.8 Å². The highest BCUT2D eigenvalue weighted by molar-refractivity contribution is 7.00. The summed E-state index contributed by atoms with van der Waals surface area (Å²) in [6.45, 7) is 0. The van der Waals surface area contributed by atoms with Crippen molar-refractivity contribution in [3.63, 3.8) is 0 Å². The first-order chi connectivity index (χ1) is 5.29. The highest BCUT2D eigenvalue weighted by Gasteiger charge is 2.02. The van der Waals surface area contributed by atoms with Gasteiger partial charge in [-0.15, -0.1) is 0 Å². The van der Waals surface area contributed by atoms with E-state index in [9.17, 15) is 0 Å². The minimum absolute atomic E-state index is 0.628. The molecule has 0 saturated heterocycles. The summed E-state index contributed by atoms with van der Waals surface area (Å²) in [5.41, 5.74) is 2.66. The Morgan fingerprint density at radius 2 is 1.45 bits per heavy atom. The molecule has 2 rings (SSSR count). The van der Waals surface area contributed by atoms with Gasteiger partial charge in [-0.1, -0.05) is 23.1 Å². The first kappa shape index (κ1) is 6.85. The molecule has 0 saturated carbocycles. The van der Waals surface area contributed by atoms with Crippen molar-refractivity contribution < 1.29 is 0 Å². The number of hydrogen-bond donors (Lipinski definition) is 0. The number of nitrogens with zero attached hydrogens (tertiary/aromatic N) is 2. The highest BCUT2D eigenvalue weighted by atomic mass is 32.1. The van der Waals surface area contributed by atoms with Crippen LogP contribution in [0.15, 0.2) is 12.1 Å². The van der Waals surface area contributed by atoms with Gasteiger partial charge >= 0.3 is 0 Å². The van der Waals surface area contributed by atoms with Crippen molar-refractivity contribution in [1.82, 2.24) is 8.75 Å². The van der Waals surface area contributed by atoms with Crippen molar-refractivity contribution in [1.29, 1.82) is 0 Å². The van der Waals surface area contributed by atoms with Gasteiger partial charge in [0.15, 0.2) is 0 Å². The molecule has 0 aliphatic heterocycles. The molecule has 0 fully saturated rings. The fourth-order valence-electron chi connectivity index (χ4n) is 0.905. The molecule has 11 heavy (non-hydrogen) atoms. The SMILES string of the molecule is [B]c1ccc([B])c2nsnc12. The molecule has 1 heterocycles. The molecule has 2 aromatic rings. The zero-order valence-electron chi connectivity index (χ0n) is 5.61. The third-order valence-electron chi connectivity index (χ3n) is 1.48. The van der Waals surface area contributed by atoms with E-state index in [1.807, 2.05) is 0 Å². The molecule has 1 aromatic heterocycles. The first-order valence-corrected chi connectivity index (χ1v) is 3.78. The quantitative estimate of drug-likeness (QED) is 0.470. The second-order valence-electron chi connectivity index (χ2n) is 2.21. The van der Waals surface area contributed by atoms with Crippen molar-refractivity contribution in [3.05, 3.63) is 12.1 Å². The maximum Gasteiger partial charge on any atom is 0.116 e. The van der Waals surface area contributed by atoms with Crippen molar-refractivity contribution in [3.8, 4) is 0 Å². The van der Waals surface area contributed by atoms with Gasteiger partial charge in [-0.25, -0.2) is 0 Å².